The zero-order chi connectivity index (χ0) is 32.5. The second-order valence-corrected chi connectivity index (χ2v) is 25.2. The molecule has 1 N–H and O–H groups in total. The molecule has 4 atom stereocenters. The van der Waals surface area contributed by atoms with Crippen molar-refractivity contribution >= 4 is 27.9 Å². The number of H-pyrrole nitrogens is 1. The van der Waals surface area contributed by atoms with Gasteiger partial charge < -0.3 is 23.6 Å². The zero-order valence-corrected chi connectivity index (χ0v) is 31.3. The molecule has 0 aliphatic carbocycles. The van der Waals surface area contributed by atoms with E-state index in [4.69, 9.17) is 14.0 Å². The molecule has 45 heavy (non-hydrogen) atoms. The average Bonchev–Trinajstić information content (AvgIpc) is 3.78. The Bertz CT molecular complexity index is 1220. The standard InChI is InChI=1S/C36H61N3O4Si2/c1-8-45(9-2,10-3)43-28(4)25-29-17-14-12-11-13-15-18-30-20-21-31(37-30)35(29)36(40)34-26-32(38-42-34)33-19-16-22-39(33)27-41-23-24-44(5,6)7/h16,19-22,28-29,34-35,37H,8-15,17-18,23-27H2,1-7H3/t28-,29-,34?,35-/m0/s1. The second kappa shape index (κ2) is 16.7. The van der Waals surface area contributed by atoms with E-state index in [1.165, 1.54) is 31.4 Å². The van der Waals surface area contributed by atoms with Gasteiger partial charge in [0.25, 0.3) is 0 Å². The maximum Gasteiger partial charge on any atom is 0.192 e. The van der Waals surface area contributed by atoms with Gasteiger partial charge in [0.1, 0.15) is 12.4 Å². The van der Waals surface area contributed by atoms with E-state index in [0.29, 0.717) is 13.2 Å². The summed E-state index contributed by atoms with van der Waals surface area (Å²) in [7, 11) is -2.91. The maximum atomic E-state index is 14.6. The Hall–Kier alpha value is -1.95. The first-order valence-corrected chi connectivity index (χ1v) is 24.2. The first kappa shape index (κ1) is 35.9. The molecule has 252 valence electrons. The van der Waals surface area contributed by atoms with Crippen LogP contribution in [0.1, 0.15) is 102 Å². The predicted octanol–water partition coefficient (Wildman–Crippen LogP) is 9.29. The van der Waals surface area contributed by atoms with Gasteiger partial charge in [-0.15, -0.1) is 0 Å². The molecule has 2 aromatic heterocycles. The zero-order valence-electron chi connectivity index (χ0n) is 29.3. The van der Waals surface area contributed by atoms with Crippen LogP contribution in [-0.4, -0.2) is 56.3 Å². The van der Waals surface area contributed by atoms with Crippen LogP contribution in [0.15, 0.2) is 35.6 Å². The molecule has 0 aromatic carbocycles. The van der Waals surface area contributed by atoms with Gasteiger partial charge in [-0.25, -0.2) is 0 Å². The third-order valence-electron chi connectivity index (χ3n) is 10.3. The highest BCUT2D eigenvalue weighted by Gasteiger charge is 2.41. The SMILES string of the molecule is CC[Si](CC)(CC)O[C@@H](C)C[C@@H]1CCCCCCCc2ccc([nH]2)[C@H]1C(=O)C1CC(c2cccn2COCC[Si](C)(C)C)=NO1. The summed E-state index contributed by atoms with van der Waals surface area (Å²) in [6, 6.07) is 13.0. The summed E-state index contributed by atoms with van der Waals surface area (Å²) in [6.45, 7) is 17.5. The normalized spacial score (nSPS) is 22.3. The summed E-state index contributed by atoms with van der Waals surface area (Å²) in [4.78, 5) is 24.3. The fraction of sp³-hybridized carbons (Fsp3) is 0.722. The summed E-state index contributed by atoms with van der Waals surface area (Å²) in [6.07, 6.45) is 11.1. The Morgan fingerprint density at radius 1 is 1.07 bits per heavy atom. The van der Waals surface area contributed by atoms with E-state index in [1.807, 2.05) is 12.3 Å². The molecular weight excluding hydrogens is 595 g/mol. The molecule has 0 saturated heterocycles. The van der Waals surface area contributed by atoms with Crippen molar-refractivity contribution in [3.63, 3.8) is 0 Å². The van der Waals surface area contributed by atoms with Crippen molar-refractivity contribution in [3.05, 3.63) is 47.5 Å². The maximum absolute atomic E-state index is 14.6. The highest BCUT2D eigenvalue weighted by Crippen LogP contribution is 2.38. The van der Waals surface area contributed by atoms with Gasteiger partial charge in [0.2, 0.25) is 0 Å². The van der Waals surface area contributed by atoms with Crippen molar-refractivity contribution in [1.29, 1.82) is 0 Å². The number of hydrogen-bond donors (Lipinski definition) is 1. The van der Waals surface area contributed by atoms with Crippen molar-refractivity contribution < 1.29 is 18.8 Å². The number of rotatable bonds is 15. The lowest BCUT2D eigenvalue weighted by atomic mass is 9.77. The Kier molecular flexibility index (Phi) is 13.4. The molecule has 0 amide bonds. The Balaban J connectivity index is 1.52. The molecule has 0 fully saturated rings. The predicted molar refractivity (Wildman–Crippen MR) is 190 cm³/mol. The first-order valence-electron chi connectivity index (χ1n) is 17.9. The number of ketones is 1. The quantitative estimate of drug-likeness (QED) is 0.153. The number of oxime groups is 1. The average molecular weight is 656 g/mol. The number of nitrogens with zero attached hydrogens (tertiary/aromatic N) is 2. The summed E-state index contributed by atoms with van der Waals surface area (Å²) in [5.41, 5.74) is 4.06. The first-order chi connectivity index (χ1) is 21.6. The van der Waals surface area contributed by atoms with Gasteiger partial charge in [-0.2, -0.15) is 0 Å². The summed E-state index contributed by atoms with van der Waals surface area (Å²) in [5.74, 6) is 0.0688. The van der Waals surface area contributed by atoms with Crippen molar-refractivity contribution in [2.24, 2.45) is 11.1 Å². The van der Waals surface area contributed by atoms with Crippen molar-refractivity contribution in [2.45, 2.75) is 154 Å². The topological polar surface area (TPSA) is 77.8 Å². The molecule has 2 aliphatic rings. The lowest BCUT2D eigenvalue weighted by molar-refractivity contribution is -0.132. The van der Waals surface area contributed by atoms with Crippen LogP contribution >= 0.6 is 0 Å². The van der Waals surface area contributed by atoms with Crippen molar-refractivity contribution in [3.8, 4) is 0 Å². The molecular formula is C36H61N3O4Si2. The number of fused-ring (bicyclic) bond motifs is 2. The minimum Gasteiger partial charge on any atom is -0.414 e. The van der Waals surface area contributed by atoms with Gasteiger partial charge >= 0.3 is 0 Å². The molecule has 0 radical (unpaired) electrons. The third kappa shape index (κ3) is 10.0. The fourth-order valence-corrected chi connectivity index (χ4v) is 10.9. The number of hydrogen-bond acceptors (Lipinski definition) is 5. The largest absolute Gasteiger partial charge is 0.414 e. The molecule has 7 nitrogen and oxygen atoms in total. The number of aryl methyl sites for hydroxylation is 1. The van der Waals surface area contributed by atoms with Crippen LogP contribution in [0, 0.1) is 5.92 Å². The van der Waals surface area contributed by atoms with Gasteiger partial charge in [0.05, 0.1) is 11.6 Å². The molecule has 2 aliphatic heterocycles. The summed E-state index contributed by atoms with van der Waals surface area (Å²) < 4.78 is 15.1. The van der Waals surface area contributed by atoms with E-state index in [-0.39, 0.29) is 23.7 Å². The number of carbonyl (C=O) groups excluding carboxylic acids is 1. The Labute approximate surface area is 275 Å². The van der Waals surface area contributed by atoms with Crippen molar-refractivity contribution in [2.75, 3.05) is 6.61 Å². The molecule has 1 unspecified atom stereocenters. The molecule has 9 heteroatoms. The number of ether oxygens (including phenoxy) is 1. The monoisotopic (exact) mass is 655 g/mol. The van der Waals surface area contributed by atoms with Crippen LogP contribution < -0.4 is 0 Å². The number of nitrogens with one attached hydrogen (secondary N) is 1. The van der Waals surface area contributed by atoms with E-state index in [9.17, 15) is 4.79 Å². The Morgan fingerprint density at radius 3 is 2.53 bits per heavy atom. The number of Topliss-reactive ketones (excluding diaryl/α,β-unsaturated/α-hetero) is 1. The van der Waals surface area contributed by atoms with Gasteiger partial charge in [-0.05, 0) is 87.0 Å². The lowest BCUT2D eigenvalue weighted by Crippen LogP contribution is -2.40. The fourth-order valence-electron chi connectivity index (χ4n) is 7.21. The minimum atomic E-state index is -1.76. The Morgan fingerprint density at radius 2 is 1.80 bits per heavy atom. The van der Waals surface area contributed by atoms with Crippen LogP contribution in [0.4, 0.5) is 0 Å². The van der Waals surface area contributed by atoms with Crippen LogP contribution in [0.5, 0.6) is 0 Å². The third-order valence-corrected chi connectivity index (χ3v) is 16.7. The van der Waals surface area contributed by atoms with E-state index in [0.717, 1.165) is 73.6 Å². The highest BCUT2D eigenvalue weighted by atomic mass is 28.4. The van der Waals surface area contributed by atoms with Gasteiger partial charge in [0, 0.05) is 44.8 Å². The van der Waals surface area contributed by atoms with Gasteiger partial charge in [-0.1, -0.05) is 71.3 Å². The molecule has 2 aromatic rings. The van der Waals surface area contributed by atoms with E-state index in [2.05, 4.69) is 80.2 Å². The van der Waals surface area contributed by atoms with Crippen LogP contribution in [0.25, 0.3) is 0 Å². The van der Waals surface area contributed by atoms with Gasteiger partial charge in [-0.3, -0.25) is 4.79 Å². The van der Waals surface area contributed by atoms with Crippen molar-refractivity contribution in [1.82, 2.24) is 9.55 Å². The van der Waals surface area contributed by atoms with Crippen LogP contribution in [0.3, 0.4) is 0 Å². The van der Waals surface area contributed by atoms with Crippen LogP contribution in [-0.2, 0) is 31.9 Å². The van der Waals surface area contributed by atoms with E-state index >= 15 is 0 Å². The lowest BCUT2D eigenvalue weighted by Gasteiger charge is -2.35. The number of carbonyl (C=O) groups is 1. The summed E-state index contributed by atoms with van der Waals surface area (Å²) >= 11 is 0. The minimum absolute atomic E-state index is 0.125. The number of aromatic amines is 1. The molecule has 2 bridgehead atoms. The molecule has 0 spiro atoms. The molecule has 4 heterocycles. The molecule has 4 rings (SSSR count). The number of aromatic nitrogens is 2. The van der Waals surface area contributed by atoms with Crippen LogP contribution in [0.2, 0.25) is 43.8 Å². The van der Waals surface area contributed by atoms with E-state index in [1.54, 1.807) is 0 Å². The highest BCUT2D eigenvalue weighted by molar-refractivity contribution is 6.76. The molecule has 0 saturated carbocycles. The smallest absolute Gasteiger partial charge is 0.192 e. The summed E-state index contributed by atoms with van der Waals surface area (Å²) in [5, 5.41) is 4.49. The van der Waals surface area contributed by atoms with Gasteiger partial charge in [0.15, 0.2) is 20.2 Å². The second-order valence-electron chi connectivity index (χ2n) is 14.8. The van der Waals surface area contributed by atoms with E-state index < -0.39 is 22.5 Å².